The molecule has 0 radical (unpaired) electrons. The lowest BCUT2D eigenvalue weighted by molar-refractivity contribution is 0.135. The minimum Gasteiger partial charge on any atom is -0.302 e. The van der Waals surface area contributed by atoms with E-state index in [0.717, 1.165) is 5.82 Å². The number of rotatable bonds is 3. The number of nitrogens with one attached hydrogen (secondary N) is 2. The molecule has 2 heterocycles. The van der Waals surface area contributed by atoms with Crippen LogP contribution in [0.2, 0.25) is 0 Å². The molecule has 94 valence electrons. The Labute approximate surface area is 102 Å². The van der Waals surface area contributed by atoms with E-state index in [2.05, 4.69) is 39.7 Å². The molecule has 0 aliphatic carbocycles. The third-order valence-corrected chi connectivity index (χ3v) is 3.22. The fourth-order valence-corrected chi connectivity index (χ4v) is 2.26. The Kier molecular flexibility index (Phi) is 3.75. The van der Waals surface area contributed by atoms with E-state index in [4.69, 9.17) is 5.84 Å². The quantitative estimate of drug-likeness (QED) is 0.543. The Morgan fingerprint density at radius 2 is 2.06 bits per heavy atom. The summed E-state index contributed by atoms with van der Waals surface area (Å²) in [5.41, 5.74) is 5.79. The predicted octanol–water partition coefficient (Wildman–Crippen LogP) is 1.35. The number of hydrazine groups is 2. The van der Waals surface area contributed by atoms with E-state index in [1.165, 1.54) is 19.3 Å². The zero-order valence-electron chi connectivity index (χ0n) is 10.3. The van der Waals surface area contributed by atoms with Crippen molar-refractivity contribution in [1.29, 1.82) is 0 Å². The first-order chi connectivity index (χ1) is 8.20. The van der Waals surface area contributed by atoms with E-state index in [1.807, 2.05) is 6.07 Å². The highest BCUT2D eigenvalue weighted by atomic mass is 15.5. The predicted molar refractivity (Wildman–Crippen MR) is 68.1 cm³/mol. The van der Waals surface area contributed by atoms with Gasteiger partial charge in [-0.25, -0.2) is 15.8 Å². The van der Waals surface area contributed by atoms with E-state index in [-0.39, 0.29) is 0 Å². The molecule has 2 unspecified atom stereocenters. The SMILES string of the molecule is CC1CCCC(C)N1Nc1ccnc(NN)n1. The zero-order valence-corrected chi connectivity index (χ0v) is 10.3. The van der Waals surface area contributed by atoms with Crippen LogP contribution >= 0.6 is 0 Å². The van der Waals surface area contributed by atoms with Gasteiger partial charge in [-0.2, -0.15) is 4.98 Å². The van der Waals surface area contributed by atoms with Gasteiger partial charge >= 0.3 is 0 Å². The van der Waals surface area contributed by atoms with Crippen molar-refractivity contribution in [2.75, 3.05) is 10.9 Å². The monoisotopic (exact) mass is 236 g/mol. The van der Waals surface area contributed by atoms with Crippen LogP contribution < -0.4 is 16.7 Å². The fourth-order valence-electron chi connectivity index (χ4n) is 2.26. The second kappa shape index (κ2) is 5.29. The molecule has 6 heteroatoms. The number of nitrogens with zero attached hydrogens (tertiary/aromatic N) is 3. The summed E-state index contributed by atoms with van der Waals surface area (Å²) >= 11 is 0. The molecule has 1 saturated heterocycles. The molecule has 2 atom stereocenters. The molecule has 17 heavy (non-hydrogen) atoms. The van der Waals surface area contributed by atoms with Crippen molar-refractivity contribution in [2.24, 2.45) is 5.84 Å². The van der Waals surface area contributed by atoms with Crippen LogP contribution in [0, 0.1) is 0 Å². The van der Waals surface area contributed by atoms with Gasteiger partial charge in [-0.1, -0.05) is 6.42 Å². The Morgan fingerprint density at radius 1 is 1.35 bits per heavy atom. The molecule has 0 saturated carbocycles. The first kappa shape index (κ1) is 12.1. The van der Waals surface area contributed by atoms with Gasteiger partial charge in [0.05, 0.1) is 0 Å². The summed E-state index contributed by atoms with van der Waals surface area (Å²) < 4.78 is 0. The van der Waals surface area contributed by atoms with E-state index >= 15 is 0 Å². The van der Waals surface area contributed by atoms with Crippen molar-refractivity contribution in [3.8, 4) is 0 Å². The van der Waals surface area contributed by atoms with Crippen LogP contribution in [0.5, 0.6) is 0 Å². The normalized spacial score (nSPS) is 25.6. The second-order valence-corrected chi connectivity index (χ2v) is 4.56. The van der Waals surface area contributed by atoms with Gasteiger partial charge in [0.15, 0.2) is 0 Å². The molecule has 2 rings (SSSR count). The van der Waals surface area contributed by atoms with Crippen LogP contribution in [0.15, 0.2) is 12.3 Å². The van der Waals surface area contributed by atoms with E-state index in [0.29, 0.717) is 18.0 Å². The molecule has 0 aromatic carbocycles. The number of piperidine rings is 1. The summed E-state index contributed by atoms with van der Waals surface area (Å²) in [4.78, 5) is 8.24. The molecule has 0 spiro atoms. The molecular formula is C11H20N6. The van der Waals surface area contributed by atoms with Gasteiger partial charge in [0.1, 0.15) is 5.82 Å². The standard InChI is InChI=1S/C11H20N6/c1-8-4-3-5-9(2)17(8)16-10-6-7-13-11(14-10)15-12/h6-9H,3-5,12H2,1-2H3,(H2,13,14,15,16). The highest BCUT2D eigenvalue weighted by Gasteiger charge is 2.24. The van der Waals surface area contributed by atoms with Gasteiger partial charge in [-0.3, -0.25) is 5.43 Å². The largest absolute Gasteiger partial charge is 0.302 e. The van der Waals surface area contributed by atoms with Crippen molar-refractivity contribution in [1.82, 2.24) is 15.0 Å². The molecule has 1 fully saturated rings. The summed E-state index contributed by atoms with van der Waals surface area (Å²) in [6.07, 6.45) is 5.40. The van der Waals surface area contributed by atoms with Gasteiger partial charge in [0.2, 0.25) is 5.95 Å². The van der Waals surface area contributed by atoms with Gasteiger partial charge < -0.3 is 5.43 Å². The van der Waals surface area contributed by atoms with Crippen LogP contribution in [0.4, 0.5) is 11.8 Å². The molecular weight excluding hydrogens is 216 g/mol. The maximum Gasteiger partial charge on any atom is 0.239 e. The van der Waals surface area contributed by atoms with Crippen molar-refractivity contribution >= 4 is 11.8 Å². The summed E-state index contributed by atoms with van der Waals surface area (Å²) in [5.74, 6) is 6.49. The fraction of sp³-hybridized carbons (Fsp3) is 0.636. The number of anilines is 2. The Balaban J connectivity index is 2.07. The number of hydrogen-bond acceptors (Lipinski definition) is 6. The minimum absolute atomic E-state index is 0.423. The lowest BCUT2D eigenvalue weighted by Gasteiger charge is -2.39. The van der Waals surface area contributed by atoms with Gasteiger partial charge in [0.25, 0.3) is 0 Å². The van der Waals surface area contributed by atoms with Gasteiger partial charge in [0, 0.05) is 24.3 Å². The van der Waals surface area contributed by atoms with Crippen molar-refractivity contribution < 1.29 is 0 Å². The summed E-state index contributed by atoms with van der Waals surface area (Å²) in [6.45, 7) is 4.46. The number of nitrogen functional groups attached to an aromatic ring is 1. The van der Waals surface area contributed by atoms with Gasteiger partial charge in [-0.15, -0.1) is 0 Å². The molecule has 1 aromatic rings. The van der Waals surface area contributed by atoms with Crippen molar-refractivity contribution in [3.05, 3.63) is 12.3 Å². The Morgan fingerprint density at radius 3 is 2.71 bits per heavy atom. The second-order valence-electron chi connectivity index (χ2n) is 4.56. The average molecular weight is 236 g/mol. The van der Waals surface area contributed by atoms with Crippen LogP contribution in [0.25, 0.3) is 0 Å². The number of nitrogens with two attached hydrogens (primary N) is 1. The molecule has 0 bridgehead atoms. The zero-order chi connectivity index (χ0) is 12.3. The van der Waals surface area contributed by atoms with E-state index in [1.54, 1.807) is 6.20 Å². The van der Waals surface area contributed by atoms with Crippen LogP contribution in [-0.4, -0.2) is 27.1 Å². The van der Waals surface area contributed by atoms with Crippen LogP contribution in [0.1, 0.15) is 33.1 Å². The minimum atomic E-state index is 0.423. The van der Waals surface area contributed by atoms with Crippen LogP contribution in [-0.2, 0) is 0 Å². The molecule has 1 aromatic heterocycles. The molecule has 1 aliphatic heterocycles. The Bertz CT molecular complexity index is 359. The van der Waals surface area contributed by atoms with Gasteiger partial charge in [-0.05, 0) is 26.7 Å². The first-order valence-corrected chi connectivity index (χ1v) is 6.05. The first-order valence-electron chi connectivity index (χ1n) is 6.05. The molecule has 0 amide bonds. The lowest BCUT2D eigenvalue weighted by atomic mass is 10.00. The summed E-state index contributed by atoms with van der Waals surface area (Å²) in [6, 6.07) is 2.88. The topological polar surface area (TPSA) is 79.1 Å². The van der Waals surface area contributed by atoms with E-state index < -0.39 is 0 Å². The third-order valence-electron chi connectivity index (χ3n) is 3.22. The molecule has 4 N–H and O–H groups in total. The maximum atomic E-state index is 5.29. The lowest BCUT2D eigenvalue weighted by Crippen LogP contribution is -2.47. The molecule has 6 nitrogen and oxygen atoms in total. The average Bonchev–Trinajstić information content (AvgIpc) is 2.34. The maximum absolute atomic E-state index is 5.29. The number of hydrogen-bond donors (Lipinski definition) is 3. The smallest absolute Gasteiger partial charge is 0.239 e. The van der Waals surface area contributed by atoms with Crippen molar-refractivity contribution in [2.45, 2.75) is 45.2 Å². The summed E-state index contributed by atoms with van der Waals surface area (Å²) in [5, 5.41) is 2.26. The Hall–Kier alpha value is -1.40. The van der Waals surface area contributed by atoms with Crippen molar-refractivity contribution in [3.63, 3.8) is 0 Å². The van der Waals surface area contributed by atoms with Crippen LogP contribution in [0.3, 0.4) is 0 Å². The van der Waals surface area contributed by atoms with E-state index in [9.17, 15) is 0 Å². The third kappa shape index (κ3) is 2.83. The number of aromatic nitrogens is 2. The molecule has 1 aliphatic rings. The highest BCUT2D eigenvalue weighted by molar-refractivity contribution is 5.38. The highest BCUT2D eigenvalue weighted by Crippen LogP contribution is 2.22. The summed E-state index contributed by atoms with van der Waals surface area (Å²) in [7, 11) is 0.